The topological polar surface area (TPSA) is 63.6 Å². The highest BCUT2D eigenvalue weighted by Crippen LogP contribution is 2.15. The number of benzene rings is 1. The molecule has 7 heteroatoms. The van der Waals surface area contributed by atoms with Crippen LogP contribution in [0.2, 0.25) is 0 Å². The average Bonchev–Trinajstić information content (AvgIpc) is 2.83. The van der Waals surface area contributed by atoms with E-state index < -0.39 is 0 Å². The van der Waals surface area contributed by atoms with Crippen molar-refractivity contribution in [3.63, 3.8) is 0 Å². The van der Waals surface area contributed by atoms with Crippen molar-refractivity contribution < 1.29 is 9.53 Å². The Hall–Kier alpha value is -1.70. The molecular formula is C14H17N3O3S. The van der Waals surface area contributed by atoms with Gasteiger partial charge in [-0.3, -0.25) is 18.4 Å². The van der Waals surface area contributed by atoms with Crippen LogP contribution in [-0.4, -0.2) is 47.7 Å². The highest BCUT2D eigenvalue weighted by molar-refractivity contribution is 7.13. The Morgan fingerprint density at radius 1 is 1.29 bits per heavy atom. The first kappa shape index (κ1) is 14.2. The molecule has 0 bridgehead atoms. The zero-order valence-electron chi connectivity index (χ0n) is 11.6. The molecule has 0 atom stereocenters. The summed E-state index contributed by atoms with van der Waals surface area (Å²) in [6, 6.07) is 7.40. The van der Waals surface area contributed by atoms with Crippen LogP contribution in [0.4, 0.5) is 0 Å². The summed E-state index contributed by atoms with van der Waals surface area (Å²) in [6.45, 7) is 3.62. The van der Waals surface area contributed by atoms with Crippen molar-refractivity contribution in [2.75, 3.05) is 33.0 Å². The summed E-state index contributed by atoms with van der Waals surface area (Å²) >= 11 is 1.32. The lowest BCUT2D eigenvalue weighted by Crippen LogP contribution is -2.44. The molecule has 1 saturated heterocycles. The fraction of sp³-hybridized carbons (Fsp3) is 0.429. The number of ether oxygens (including phenoxy) is 1. The predicted molar refractivity (Wildman–Crippen MR) is 81.5 cm³/mol. The standard InChI is InChI=1S/C14H17N3O3S/c18-13(15-10-16-5-7-20-8-6-16)9-17-14(19)11-3-1-2-4-12(11)21-17/h1-4H,5-10H2,(H,15,18). The van der Waals surface area contributed by atoms with Crippen LogP contribution in [0.1, 0.15) is 0 Å². The van der Waals surface area contributed by atoms with Gasteiger partial charge in [-0.05, 0) is 12.1 Å². The van der Waals surface area contributed by atoms with Crippen molar-refractivity contribution in [2.24, 2.45) is 0 Å². The quantitative estimate of drug-likeness (QED) is 0.892. The molecule has 1 aromatic heterocycles. The second-order valence-corrected chi connectivity index (χ2v) is 5.98. The van der Waals surface area contributed by atoms with E-state index in [4.69, 9.17) is 4.74 Å². The summed E-state index contributed by atoms with van der Waals surface area (Å²) in [5, 5.41) is 3.52. The first-order chi connectivity index (χ1) is 10.2. The van der Waals surface area contributed by atoms with Crippen molar-refractivity contribution >= 4 is 27.5 Å². The molecule has 6 nitrogen and oxygen atoms in total. The fourth-order valence-corrected chi connectivity index (χ4v) is 3.26. The molecule has 0 unspecified atom stereocenters. The van der Waals surface area contributed by atoms with Crippen LogP contribution in [0.25, 0.3) is 10.1 Å². The molecule has 112 valence electrons. The Bertz CT molecular complexity index is 688. The van der Waals surface area contributed by atoms with E-state index in [2.05, 4.69) is 10.2 Å². The molecule has 1 fully saturated rings. The average molecular weight is 307 g/mol. The molecule has 1 aliphatic heterocycles. The Labute approximate surface area is 126 Å². The zero-order valence-corrected chi connectivity index (χ0v) is 12.4. The third-order valence-electron chi connectivity index (χ3n) is 3.44. The number of carbonyl (C=O) groups is 1. The van der Waals surface area contributed by atoms with Crippen LogP contribution in [0, 0.1) is 0 Å². The van der Waals surface area contributed by atoms with Gasteiger partial charge in [-0.15, -0.1) is 0 Å². The maximum atomic E-state index is 12.1. The van der Waals surface area contributed by atoms with E-state index in [-0.39, 0.29) is 18.0 Å². The summed E-state index contributed by atoms with van der Waals surface area (Å²) in [6.07, 6.45) is 0. The van der Waals surface area contributed by atoms with Gasteiger partial charge in [0.05, 0.1) is 30.0 Å². The molecule has 0 radical (unpaired) electrons. The van der Waals surface area contributed by atoms with Crippen LogP contribution >= 0.6 is 11.5 Å². The fourth-order valence-electron chi connectivity index (χ4n) is 2.27. The minimum atomic E-state index is -0.143. The number of nitrogens with one attached hydrogen (secondary N) is 1. The molecular weight excluding hydrogens is 290 g/mol. The molecule has 2 aromatic rings. The molecule has 0 saturated carbocycles. The van der Waals surface area contributed by atoms with Gasteiger partial charge in [0.15, 0.2) is 0 Å². The van der Waals surface area contributed by atoms with E-state index in [9.17, 15) is 9.59 Å². The number of hydrogen-bond donors (Lipinski definition) is 1. The maximum Gasteiger partial charge on any atom is 0.268 e. The smallest absolute Gasteiger partial charge is 0.268 e. The van der Waals surface area contributed by atoms with Gasteiger partial charge in [0, 0.05) is 13.1 Å². The summed E-state index contributed by atoms with van der Waals surface area (Å²) in [5.74, 6) is -0.143. The first-order valence-corrected chi connectivity index (χ1v) is 7.67. The Balaban J connectivity index is 1.60. The Morgan fingerprint density at radius 2 is 2.05 bits per heavy atom. The van der Waals surface area contributed by atoms with Crippen LogP contribution in [0.15, 0.2) is 29.1 Å². The van der Waals surface area contributed by atoms with Gasteiger partial charge in [0.2, 0.25) is 5.91 Å². The van der Waals surface area contributed by atoms with Gasteiger partial charge < -0.3 is 10.1 Å². The van der Waals surface area contributed by atoms with Gasteiger partial charge in [0.25, 0.3) is 5.56 Å². The highest BCUT2D eigenvalue weighted by Gasteiger charge is 2.13. The third-order valence-corrected chi connectivity index (χ3v) is 4.51. The van der Waals surface area contributed by atoms with Crippen molar-refractivity contribution in [2.45, 2.75) is 6.54 Å². The van der Waals surface area contributed by atoms with E-state index in [1.165, 1.54) is 15.5 Å². The highest BCUT2D eigenvalue weighted by atomic mass is 32.1. The third kappa shape index (κ3) is 3.31. The van der Waals surface area contributed by atoms with Crippen molar-refractivity contribution in [1.82, 2.24) is 14.2 Å². The number of amides is 1. The predicted octanol–water partition coefficient (Wildman–Crippen LogP) is 0.469. The van der Waals surface area contributed by atoms with Gasteiger partial charge in [0.1, 0.15) is 6.54 Å². The number of carbonyl (C=O) groups excluding carboxylic acids is 1. The normalized spacial score (nSPS) is 16.2. The van der Waals surface area contributed by atoms with Crippen LogP contribution < -0.4 is 10.9 Å². The lowest BCUT2D eigenvalue weighted by Gasteiger charge is -2.26. The van der Waals surface area contributed by atoms with Crippen molar-refractivity contribution in [3.8, 4) is 0 Å². The summed E-state index contributed by atoms with van der Waals surface area (Å²) in [4.78, 5) is 26.2. The van der Waals surface area contributed by atoms with E-state index >= 15 is 0 Å². The van der Waals surface area contributed by atoms with E-state index in [0.29, 0.717) is 25.3 Å². The summed E-state index contributed by atoms with van der Waals surface area (Å²) in [7, 11) is 0. The van der Waals surface area contributed by atoms with Gasteiger partial charge in [-0.2, -0.15) is 0 Å². The molecule has 0 spiro atoms. The number of fused-ring (bicyclic) bond motifs is 1. The van der Waals surface area contributed by atoms with Gasteiger partial charge >= 0.3 is 0 Å². The van der Waals surface area contributed by atoms with Gasteiger partial charge in [-0.25, -0.2) is 0 Å². The minimum absolute atomic E-state index is 0.0719. The van der Waals surface area contributed by atoms with E-state index in [0.717, 1.165) is 17.8 Å². The van der Waals surface area contributed by atoms with Crippen LogP contribution in [0.5, 0.6) is 0 Å². The van der Waals surface area contributed by atoms with E-state index in [1.807, 2.05) is 18.2 Å². The second-order valence-electron chi connectivity index (χ2n) is 4.92. The summed E-state index contributed by atoms with van der Waals surface area (Å²) in [5.41, 5.74) is -0.0999. The molecule has 1 aliphatic rings. The number of rotatable bonds is 4. The molecule has 1 aromatic carbocycles. The molecule has 3 rings (SSSR count). The number of nitrogens with zero attached hydrogens (tertiary/aromatic N) is 2. The molecule has 1 amide bonds. The van der Waals surface area contributed by atoms with Crippen molar-refractivity contribution in [1.29, 1.82) is 0 Å². The second kappa shape index (κ2) is 6.38. The van der Waals surface area contributed by atoms with Crippen LogP contribution in [-0.2, 0) is 16.1 Å². The Morgan fingerprint density at radius 3 is 2.81 bits per heavy atom. The maximum absolute atomic E-state index is 12.1. The molecule has 2 heterocycles. The monoisotopic (exact) mass is 307 g/mol. The largest absolute Gasteiger partial charge is 0.379 e. The lowest BCUT2D eigenvalue weighted by molar-refractivity contribution is -0.122. The first-order valence-electron chi connectivity index (χ1n) is 6.90. The molecule has 21 heavy (non-hydrogen) atoms. The Kier molecular flexibility index (Phi) is 4.33. The number of aromatic nitrogens is 1. The van der Waals surface area contributed by atoms with Gasteiger partial charge in [-0.1, -0.05) is 23.7 Å². The van der Waals surface area contributed by atoms with E-state index in [1.54, 1.807) is 6.07 Å². The zero-order chi connectivity index (χ0) is 14.7. The number of morpholine rings is 1. The van der Waals surface area contributed by atoms with Crippen LogP contribution in [0.3, 0.4) is 0 Å². The number of hydrogen-bond acceptors (Lipinski definition) is 5. The SMILES string of the molecule is O=C(Cn1sc2ccccc2c1=O)NCN1CCOCC1. The summed E-state index contributed by atoms with van der Waals surface area (Å²) < 4.78 is 7.66. The molecule has 0 aliphatic carbocycles. The molecule has 1 N–H and O–H groups in total. The van der Waals surface area contributed by atoms with Crippen molar-refractivity contribution in [3.05, 3.63) is 34.6 Å². The lowest BCUT2D eigenvalue weighted by atomic mass is 10.3. The minimum Gasteiger partial charge on any atom is -0.379 e.